The van der Waals surface area contributed by atoms with E-state index in [0.29, 0.717) is 6.61 Å². The minimum absolute atomic E-state index is 0.592. The van der Waals surface area contributed by atoms with Crippen LogP contribution in [0.4, 0.5) is 0 Å². The van der Waals surface area contributed by atoms with Gasteiger partial charge >= 0.3 is 0 Å². The predicted molar refractivity (Wildman–Crippen MR) is 83.9 cm³/mol. The lowest BCUT2D eigenvalue weighted by atomic mass is 10.1. The maximum absolute atomic E-state index is 6.01. The monoisotopic (exact) mass is 318 g/mol. The number of hydrogen-bond donors (Lipinski definition) is 0. The molecule has 2 rings (SSSR count). The fourth-order valence-corrected chi connectivity index (χ4v) is 2.66. The maximum atomic E-state index is 6.01. The molecule has 0 radical (unpaired) electrons. The van der Waals surface area contributed by atoms with Crippen molar-refractivity contribution in [2.75, 3.05) is 0 Å². The summed E-state index contributed by atoms with van der Waals surface area (Å²) in [5.74, 6) is 0.994. The first-order chi connectivity index (χ1) is 8.99. The highest BCUT2D eigenvalue weighted by Crippen LogP contribution is 2.27. The van der Waals surface area contributed by atoms with Gasteiger partial charge in [-0.3, -0.25) is 0 Å². The summed E-state index contributed by atoms with van der Waals surface area (Å²) in [5, 5.41) is 0. The summed E-state index contributed by atoms with van der Waals surface area (Å²) in [4.78, 5) is 0. The summed E-state index contributed by atoms with van der Waals surface area (Å²) < 4.78 is 7.16. The van der Waals surface area contributed by atoms with Crippen molar-refractivity contribution in [2.45, 2.75) is 34.3 Å². The second-order valence-corrected chi connectivity index (χ2v) is 5.86. The van der Waals surface area contributed by atoms with E-state index < -0.39 is 0 Å². The standard InChI is InChI=1S/C17H19BrO/c1-11-8-14(4)16(18)15(9-11)10-19-17-12(2)6-5-7-13(17)3/h5-9H,10H2,1-4H3. The zero-order valence-electron chi connectivity index (χ0n) is 11.9. The highest BCUT2D eigenvalue weighted by Gasteiger charge is 2.08. The van der Waals surface area contributed by atoms with Gasteiger partial charge in [0.05, 0.1) is 0 Å². The van der Waals surface area contributed by atoms with Crippen LogP contribution in [0.15, 0.2) is 34.8 Å². The molecule has 0 heterocycles. The van der Waals surface area contributed by atoms with Crippen molar-refractivity contribution in [3.05, 3.63) is 62.6 Å². The largest absolute Gasteiger partial charge is 0.488 e. The van der Waals surface area contributed by atoms with Crippen molar-refractivity contribution in [1.29, 1.82) is 0 Å². The molecule has 1 nitrogen and oxygen atoms in total. The van der Waals surface area contributed by atoms with Crippen LogP contribution in [0.25, 0.3) is 0 Å². The first-order valence-corrected chi connectivity index (χ1v) is 7.23. The van der Waals surface area contributed by atoms with E-state index in [2.05, 4.69) is 74.0 Å². The number of ether oxygens (including phenoxy) is 1. The molecular formula is C17H19BrO. The van der Waals surface area contributed by atoms with Crippen molar-refractivity contribution < 1.29 is 4.74 Å². The van der Waals surface area contributed by atoms with Crippen LogP contribution in [0.1, 0.15) is 27.8 Å². The zero-order chi connectivity index (χ0) is 14.0. The van der Waals surface area contributed by atoms with E-state index in [1.807, 2.05) is 0 Å². The number of hydrogen-bond acceptors (Lipinski definition) is 1. The van der Waals surface area contributed by atoms with Crippen molar-refractivity contribution in [1.82, 2.24) is 0 Å². The van der Waals surface area contributed by atoms with Gasteiger partial charge in [0.15, 0.2) is 0 Å². The van der Waals surface area contributed by atoms with Gasteiger partial charge in [-0.1, -0.05) is 51.8 Å². The third-order valence-electron chi connectivity index (χ3n) is 3.25. The molecule has 0 unspecified atom stereocenters. The Morgan fingerprint density at radius 1 is 0.947 bits per heavy atom. The van der Waals surface area contributed by atoms with Gasteiger partial charge in [0.25, 0.3) is 0 Å². The molecular weight excluding hydrogens is 300 g/mol. The molecule has 0 atom stereocenters. The van der Waals surface area contributed by atoms with Crippen LogP contribution in [0.2, 0.25) is 0 Å². The molecule has 2 aromatic rings. The Labute approximate surface area is 123 Å². The average Bonchev–Trinajstić information content (AvgIpc) is 2.34. The zero-order valence-corrected chi connectivity index (χ0v) is 13.5. The first-order valence-electron chi connectivity index (χ1n) is 6.43. The Kier molecular flexibility index (Phi) is 4.31. The van der Waals surface area contributed by atoms with Gasteiger partial charge < -0.3 is 4.74 Å². The molecule has 19 heavy (non-hydrogen) atoms. The van der Waals surface area contributed by atoms with Crippen LogP contribution in [-0.2, 0) is 6.61 Å². The van der Waals surface area contributed by atoms with Crippen molar-refractivity contribution >= 4 is 15.9 Å². The lowest BCUT2D eigenvalue weighted by Gasteiger charge is -2.14. The summed E-state index contributed by atoms with van der Waals surface area (Å²) in [6.45, 7) is 8.98. The van der Waals surface area contributed by atoms with Gasteiger partial charge in [0.2, 0.25) is 0 Å². The molecule has 0 saturated carbocycles. The summed E-state index contributed by atoms with van der Waals surface area (Å²) >= 11 is 3.64. The molecule has 0 amide bonds. The molecule has 2 aromatic carbocycles. The van der Waals surface area contributed by atoms with Crippen molar-refractivity contribution in [2.24, 2.45) is 0 Å². The topological polar surface area (TPSA) is 9.23 Å². The van der Waals surface area contributed by atoms with Gasteiger partial charge in [0, 0.05) is 10.0 Å². The molecule has 0 fully saturated rings. The molecule has 0 aliphatic rings. The highest BCUT2D eigenvalue weighted by molar-refractivity contribution is 9.10. The quantitative estimate of drug-likeness (QED) is 0.749. The van der Waals surface area contributed by atoms with Crippen LogP contribution in [0, 0.1) is 27.7 Å². The molecule has 100 valence electrons. The number of aryl methyl sites for hydroxylation is 4. The Bertz CT molecular complexity index is 582. The van der Waals surface area contributed by atoms with E-state index in [9.17, 15) is 0 Å². The second kappa shape index (κ2) is 5.79. The first kappa shape index (κ1) is 14.1. The van der Waals surface area contributed by atoms with Crippen LogP contribution in [0.5, 0.6) is 5.75 Å². The molecule has 0 aliphatic heterocycles. The van der Waals surface area contributed by atoms with Crippen LogP contribution in [0.3, 0.4) is 0 Å². The SMILES string of the molecule is Cc1cc(C)c(Br)c(COc2c(C)cccc2C)c1. The molecule has 0 aromatic heterocycles. The summed E-state index contributed by atoms with van der Waals surface area (Å²) in [5.41, 5.74) is 6.07. The van der Waals surface area contributed by atoms with E-state index in [1.54, 1.807) is 0 Å². The average molecular weight is 319 g/mol. The number of halogens is 1. The predicted octanol–water partition coefficient (Wildman–Crippen LogP) is 5.26. The lowest BCUT2D eigenvalue weighted by molar-refractivity contribution is 0.301. The van der Waals surface area contributed by atoms with Crippen molar-refractivity contribution in [3.63, 3.8) is 0 Å². The number of para-hydroxylation sites is 1. The van der Waals surface area contributed by atoms with E-state index in [4.69, 9.17) is 4.74 Å². The molecule has 0 N–H and O–H groups in total. The summed E-state index contributed by atoms with van der Waals surface area (Å²) in [7, 11) is 0. The Hall–Kier alpha value is -1.28. The van der Waals surface area contributed by atoms with E-state index in [0.717, 1.165) is 10.2 Å². The smallest absolute Gasteiger partial charge is 0.125 e. The third kappa shape index (κ3) is 3.19. The summed E-state index contributed by atoms with van der Waals surface area (Å²) in [6.07, 6.45) is 0. The van der Waals surface area contributed by atoms with Crippen molar-refractivity contribution in [3.8, 4) is 5.75 Å². The minimum Gasteiger partial charge on any atom is -0.488 e. The normalized spacial score (nSPS) is 10.6. The molecule has 0 aliphatic carbocycles. The molecule has 2 heteroatoms. The van der Waals surface area contributed by atoms with Gasteiger partial charge in [-0.25, -0.2) is 0 Å². The third-order valence-corrected chi connectivity index (χ3v) is 4.39. The Balaban J connectivity index is 2.24. The highest BCUT2D eigenvalue weighted by atomic mass is 79.9. The molecule has 0 bridgehead atoms. The number of rotatable bonds is 3. The lowest BCUT2D eigenvalue weighted by Crippen LogP contribution is -2.01. The number of benzene rings is 2. The Morgan fingerprint density at radius 2 is 1.58 bits per heavy atom. The van der Waals surface area contributed by atoms with Gasteiger partial charge in [-0.2, -0.15) is 0 Å². The van der Waals surface area contributed by atoms with Crippen LogP contribution >= 0.6 is 15.9 Å². The van der Waals surface area contributed by atoms with E-state index in [1.165, 1.54) is 27.8 Å². The van der Waals surface area contributed by atoms with Gasteiger partial charge in [-0.05, 0) is 44.4 Å². The Morgan fingerprint density at radius 3 is 2.21 bits per heavy atom. The van der Waals surface area contributed by atoms with E-state index >= 15 is 0 Å². The minimum atomic E-state index is 0.592. The second-order valence-electron chi connectivity index (χ2n) is 5.06. The molecule has 0 spiro atoms. The van der Waals surface area contributed by atoms with Gasteiger partial charge in [-0.15, -0.1) is 0 Å². The summed E-state index contributed by atoms with van der Waals surface area (Å²) in [6, 6.07) is 10.6. The molecule has 0 saturated heterocycles. The fraction of sp³-hybridized carbons (Fsp3) is 0.294. The van der Waals surface area contributed by atoms with Gasteiger partial charge in [0.1, 0.15) is 12.4 Å². The van der Waals surface area contributed by atoms with Crippen LogP contribution < -0.4 is 4.74 Å². The van der Waals surface area contributed by atoms with E-state index in [-0.39, 0.29) is 0 Å². The maximum Gasteiger partial charge on any atom is 0.125 e. The van der Waals surface area contributed by atoms with Crippen LogP contribution in [-0.4, -0.2) is 0 Å². The fourth-order valence-electron chi connectivity index (χ4n) is 2.32.